The maximum atomic E-state index is 5.46. The minimum absolute atomic E-state index is 0.286. The van der Waals surface area contributed by atoms with Crippen molar-refractivity contribution in [1.29, 1.82) is 0 Å². The fourth-order valence-electron chi connectivity index (χ4n) is 2.72. The summed E-state index contributed by atoms with van der Waals surface area (Å²) in [5.41, 5.74) is 0.286. The molecular formula is C14H23NO. The predicted molar refractivity (Wildman–Crippen MR) is 67.5 cm³/mol. The van der Waals surface area contributed by atoms with Gasteiger partial charge in [0.15, 0.2) is 0 Å². The standard InChI is InChI=1S/C14H23NO/c1-2-3-7-14(8-5-4-6-9-14)15-10-12-16-13-11-15/h4-6,8H,2-3,7,9-13H2,1H3. The van der Waals surface area contributed by atoms with Gasteiger partial charge in [-0.05, 0) is 12.8 Å². The van der Waals surface area contributed by atoms with Gasteiger partial charge < -0.3 is 4.74 Å². The van der Waals surface area contributed by atoms with Gasteiger partial charge in [0.05, 0.1) is 13.2 Å². The number of hydrogen-bond acceptors (Lipinski definition) is 2. The lowest BCUT2D eigenvalue weighted by molar-refractivity contribution is -0.00886. The van der Waals surface area contributed by atoms with Crippen molar-refractivity contribution < 1.29 is 4.74 Å². The molecule has 1 atom stereocenters. The van der Waals surface area contributed by atoms with E-state index >= 15 is 0 Å². The lowest BCUT2D eigenvalue weighted by Gasteiger charge is -2.44. The molecule has 0 aromatic carbocycles. The molecule has 2 aliphatic rings. The van der Waals surface area contributed by atoms with E-state index in [0.29, 0.717) is 0 Å². The highest BCUT2D eigenvalue weighted by molar-refractivity contribution is 5.21. The van der Waals surface area contributed by atoms with E-state index in [2.05, 4.69) is 36.1 Å². The summed E-state index contributed by atoms with van der Waals surface area (Å²) in [6, 6.07) is 0. The predicted octanol–water partition coefficient (Wildman–Crippen LogP) is 2.76. The molecule has 0 saturated carbocycles. The summed E-state index contributed by atoms with van der Waals surface area (Å²) in [7, 11) is 0. The zero-order chi connectivity index (χ0) is 11.3. The molecule has 0 amide bonds. The molecule has 0 radical (unpaired) electrons. The van der Waals surface area contributed by atoms with Crippen LogP contribution in [0.4, 0.5) is 0 Å². The van der Waals surface area contributed by atoms with E-state index in [0.717, 1.165) is 26.3 Å². The highest BCUT2D eigenvalue weighted by atomic mass is 16.5. The fraction of sp³-hybridized carbons (Fsp3) is 0.714. The number of morpholine rings is 1. The van der Waals surface area contributed by atoms with Crippen molar-refractivity contribution in [2.24, 2.45) is 0 Å². The van der Waals surface area contributed by atoms with Gasteiger partial charge in [-0.2, -0.15) is 0 Å². The first-order valence-electron chi connectivity index (χ1n) is 6.54. The van der Waals surface area contributed by atoms with Crippen molar-refractivity contribution in [2.45, 2.75) is 38.1 Å². The quantitative estimate of drug-likeness (QED) is 0.724. The van der Waals surface area contributed by atoms with Crippen molar-refractivity contribution >= 4 is 0 Å². The van der Waals surface area contributed by atoms with Crippen molar-refractivity contribution in [1.82, 2.24) is 4.90 Å². The van der Waals surface area contributed by atoms with Crippen LogP contribution in [0, 0.1) is 0 Å². The Hall–Kier alpha value is -0.600. The maximum Gasteiger partial charge on any atom is 0.0594 e. The third-order valence-electron chi connectivity index (χ3n) is 3.73. The Balaban J connectivity index is 2.06. The van der Waals surface area contributed by atoms with E-state index in [9.17, 15) is 0 Å². The topological polar surface area (TPSA) is 12.5 Å². The third-order valence-corrected chi connectivity index (χ3v) is 3.73. The van der Waals surface area contributed by atoms with Crippen molar-refractivity contribution in [2.75, 3.05) is 26.3 Å². The molecule has 16 heavy (non-hydrogen) atoms. The van der Waals surface area contributed by atoms with Gasteiger partial charge in [-0.25, -0.2) is 0 Å². The second-order valence-electron chi connectivity index (χ2n) is 4.80. The number of ether oxygens (including phenoxy) is 1. The van der Waals surface area contributed by atoms with Crippen LogP contribution < -0.4 is 0 Å². The molecule has 2 rings (SSSR count). The van der Waals surface area contributed by atoms with Gasteiger partial charge in [-0.1, -0.05) is 44.1 Å². The summed E-state index contributed by atoms with van der Waals surface area (Å²) in [6.45, 7) is 6.23. The van der Waals surface area contributed by atoms with Gasteiger partial charge in [-0.15, -0.1) is 0 Å². The molecule has 0 N–H and O–H groups in total. The Morgan fingerprint density at radius 3 is 2.69 bits per heavy atom. The number of hydrogen-bond donors (Lipinski definition) is 0. The van der Waals surface area contributed by atoms with Crippen LogP contribution in [0.5, 0.6) is 0 Å². The number of unbranched alkanes of at least 4 members (excludes halogenated alkanes) is 1. The van der Waals surface area contributed by atoms with Crippen molar-refractivity contribution in [3.05, 3.63) is 24.3 Å². The van der Waals surface area contributed by atoms with Gasteiger partial charge >= 0.3 is 0 Å². The summed E-state index contributed by atoms with van der Waals surface area (Å²) in [5, 5.41) is 0. The monoisotopic (exact) mass is 221 g/mol. The molecule has 1 unspecified atom stereocenters. The van der Waals surface area contributed by atoms with Crippen LogP contribution in [-0.2, 0) is 4.74 Å². The summed E-state index contributed by atoms with van der Waals surface area (Å²) >= 11 is 0. The fourth-order valence-corrected chi connectivity index (χ4v) is 2.72. The Morgan fingerprint density at radius 2 is 2.06 bits per heavy atom. The summed E-state index contributed by atoms with van der Waals surface area (Å²) in [4.78, 5) is 2.62. The van der Waals surface area contributed by atoms with Crippen LogP contribution >= 0.6 is 0 Å². The number of allylic oxidation sites excluding steroid dienone is 2. The molecule has 1 heterocycles. The molecule has 2 heteroatoms. The van der Waals surface area contributed by atoms with Gasteiger partial charge in [0, 0.05) is 18.6 Å². The minimum Gasteiger partial charge on any atom is -0.379 e. The first kappa shape index (κ1) is 11.9. The first-order valence-corrected chi connectivity index (χ1v) is 6.54. The third kappa shape index (κ3) is 2.55. The molecule has 0 aromatic rings. The van der Waals surface area contributed by atoms with Gasteiger partial charge in [0.25, 0.3) is 0 Å². The van der Waals surface area contributed by atoms with Crippen LogP contribution in [-0.4, -0.2) is 36.7 Å². The molecule has 1 aliphatic carbocycles. The smallest absolute Gasteiger partial charge is 0.0594 e. The summed E-state index contributed by atoms with van der Waals surface area (Å²) in [6.07, 6.45) is 14.2. The molecule has 0 bridgehead atoms. The largest absolute Gasteiger partial charge is 0.379 e. The summed E-state index contributed by atoms with van der Waals surface area (Å²) < 4.78 is 5.46. The van der Waals surface area contributed by atoms with E-state index < -0.39 is 0 Å². The van der Waals surface area contributed by atoms with E-state index in [1.54, 1.807) is 0 Å². The molecule has 1 saturated heterocycles. The van der Waals surface area contributed by atoms with Crippen LogP contribution in [0.3, 0.4) is 0 Å². The van der Waals surface area contributed by atoms with Crippen LogP contribution in [0.1, 0.15) is 32.6 Å². The molecule has 0 spiro atoms. The lowest BCUT2D eigenvalue weighted by Crippen LogP contribution is -2.52. The highest BCUT2D eigenvalue weighted by Gasteiger charge is 2.34. The van der Waals surface area contributed by atoms with Crippen molar-refractivity contribution in [3.63, 3.8) is 0 Å². The molecule has 0 aromatic heterocycles. The van der Waals surface area contributed by atoms with Gasteiger partial charge in [0.1, 0.15) is 0 Å². The average molecular weight is 221 g/mol. The molecule has 1 aliphatic heterocycles. The Labute approximate surface area is 99.0 Å². The van der Waals surface area contributed by atoms with E-state index in [1.165, 1.54) is 25.7 Å². The van der Waals surface area contributed by atoms with Gasteiger partial charge in [-0.3, -0.25) is 4.90 Å². The Kier molecular flexibility index (Phi) is 4.19. The molecule has 1 fully saturated rings. The van der Waals surface area contributed by atoms with Crippen LogP contribution in [0.15, 0.2) is 24.3 Å². The normalized spacial score (nSPS) is 30.8. The number of nitrogens with zero attached hydrogens (tertiary/aromatic N) is 1. The lowest BCUT2D eigenvalue weighted by atomic mass is 9.84. The maximum absolute atomic E-state index is 5.46. The zero-order valence-electron chi connectivity index (χ0n) is 10.3. The van der Waals surface area contributed by atoms with E-state index in [1.807, 2.05) is 0 Å². The Bertz CT molecular complexity index is 266. The van der Waals surface area contributed by atoms with E-state index in [-0.39, 0.29) is 5.54 Å². The second kappa shape index (κ2) is 5.65. The molecule has 90 valence electrons. The first-order chi connectivity index (χ1) is 7.87. The Morgan fingerprint density at radius 1 is 1.25 bits per heavy atom. The molecular weight excluding hydrogens is 198 g/mol. The average Bonchev–Trinajstić information content (AvgIpc) is 2.38. The SMILES string of the molecule is CCCCC1(N2CCOCC2)C=CC=CC1. The second-order valence-corrected chi connectivity index (χ2v) is 4.80. The number of rotatable bonds is 4. The highest BCUT2D eigenvalue weighted by Crippen LogP contribution is 2.31. The van der Waals surface area contributed by atoms with Crippen LogP contribution in [0.2, 0.25) is 0 Å². The summed E-state index contributed by atoms with van der Waals surface area (Å²) in [5.74, 6) is 0. The van der Waals surface area contributed by atoms with Gasteiger partial charge in [0.2, 0.25) is 0 Å². The zero-order valence-corrected chi connectivity index (χ0v) is 10.3. The van der Waals surface area contributed by atoms with E-state index in [4.69, 9.17) is 4.74 Å². The van der Waals surface area contributed by atoms with Crippen LogP contribution in [0.25, 0.3) is 0 Å². The minimum atomic E-state index is 0.286. The van der Waals surface area contributed by atoms with Crippen molar-refractivity contribution in [3.8, 4) is 0 Å². The molecule has 2 nitrogen and oxygen atoms in total.